The number of likely N-dealkylation sites (N-methyl/N-ethyl adjacent to an activating group) is 1. The molecule has 1 aromatic carbocycles. The molecule has 0 aliphatic heterocycles. The molecule has 5 heteroatoms. The molecule has 2 rings (SSSR count). The van der Waals surface area contributed by atoms with Crippen molar-refractivity contribution in [2.24, 2.45) is 0 Å². The number of nitrogens with zero attached hydrogens (tertiary/aromatic N) is 1. The van der Waals surface area contributed by atoms with Crippen molar-refractivity contribution >= 4 is 23.2 Å². The van der Waals surface area contributed by atoms with Crippen LogP contribution in [-0.2, 0) is 9.53 Å². The van der Waals surface area contributed by atoms with Gasteiger partial charge in [-0.1, -0.05) is 42.5 Å². The summed E-state index contributed by atoms with van der Waals surface area (Å²) in [4.78, 5) is 26.6. The summed E-state index contributed by atoms with van der Waals surface area (Å²) < 4.78 is 5.23. The highest BCUT2D eigenvalue weighted by Gasteiger charge is 2.19. The summed E-state index contributed by atoms with van der Waals surface area (Å²) in [6, 6.07) is 11.5. The number of hydrogen-bond acceptors (Lipinski definition) is 4. The standard InChI is InChI=1S/C19H21NO3S/c1-4-20(12-14(2)3)17(21)13-23-19(22)18-16(10-11-24-18)15-8-6-5-7-9-15/h5-11H,2,4,12-13H2,1,3H3. The molecule has 2 aromatic rings. The van der Waals surface area contributed by atoms with Gasteiger partial charge in [0.05, 0.1) is 0 Å². The molecule has 24 heavy (non-hydrogen) atoms. The predicted octanol–water partition coefficient (Wildman–Crippen LogP) is 4.00. The Morgan fingerprint density at radius 3 is 2.54 bits per heavy atom. The van der Waals surface area contributed by atoms with Crippen molar-refractivity contribution in [2.75, 3.05) is 19.7 Å². The van der Waals surface area contributed by atoms with E-state index in [9.17, 15) is 9.59 Å². The molecular weight excluding hydrogens is 322 g/mol. The van der Waals surface area contributed by atoms with Gasteiger partial charge in [0, 0.05) is 18.7 Å². The molecule has 1 heterocycles. The van der Waals surface area contributed by atoms with Crippen LogP contribution >= 0.6 is 11.3 Å². The lowest BCUT2D eigenvalue weighted by molar-refractivity contribution is -0.133. The summed E-state index contributed by atoms with van der Waals surface area (Å²) >= 11 is 1.32. The maximum Gasteiger partial charge on any atom is 0.349 e. The second-order valence-corrected chi connectivity index (χ2v) is 6.39. The van der Waals surface area contributed by atoms with Crippen LogP contribution in [0.2, 0.25) is 0 Å². The van der Waals surface area contributed by atoms with Crippen LogP contribution in [0.4, 0.5) is 0 Å². The fraction of sp³-hybridized carbons (Fsp3) is 0.263. The van der Waals surface area contributed by atoms with E-state index >= 15 is 0 Å². The molecule has 0 saturated carbocycles. The molecule has 0 aliphatic carbocycles. The summed E-state index contributed by atoms with van der Waals surface area (Å²) in [6.45, 7) is 8.32. The van der Waals surface area contributed by atoms with Crippen LogP contribution in [0.25, 0.3) is 11.1 Å². The first-order chi connectivity index (χ1) is 11.5. The van der Waals surface area contributed by atoms with Crippen molar-refractivity contribution in [2.45, 2.75) is 13.8 Å². The molecule has 0 radical (unpaired) electrons. The summed E-state index contributed by atoms with van der Waals surface area (Å²) in [5, 5.41) is 1.85. The van der Waals surface area contributed by atoms with Gasteiger partial charge in [-0.25, -0.2) is 4.79 Å². The van der Waals surface area contributed by atoms with Gasteiger partial charge in [0.15, 0.2) is 6.61 Å². The normalized spacial score (nSPS) is 10.2. The number of benzene rings is 1. The number of thiophene rings is 1. The second-order valence-electron chi connectivity index (χ2n) is 5.47. The Morgan fingerprint density at radius 1 is 1.21 bits per heavy atom. The van der Waals surface area contributed by atoms with Crippen molar-refractivity contribution in [3.8, 4) is 11.1 Å². The first-order valence-electron chi connectivity index (χ1n) is 7.75. The van der Waals surface area contributed by atoms with E-state index in [1.165, 1.54) is 11.3 Å². The summed E-state index contributed by atoms with van der Waals surface area (Å²) in [5.74, 6) is -0.685. The summed E-state index contributed by atoms with van der Waals surface area (Å²) in [6.07, 6.45) is 0. The van der Waals surface area contributed by atoms with E-state index < -0.39 is 5.97 Å². The number of carbonyl (C=O) groups excluding carboxylic acids is 2. The SMILES string of the molecule is C=C(C)CN(CC)C(=O)COC(=O)c1sccc1-c1ccccc1. The monoisotopic (exact) mass is 343 g/mol. The number of esters is 1. The third-order valence-corrected chi connectivity index (χ3v) is 4.35. The summed E-state index contributed by atoms with van der Waals surface area (Å²) in [5.41, 5.74) is 2.67. The first-order valence-corrected chi connectivity index (χ1v) is 8.63. The van der Waals surface area contributed by atoms with Crippen LogP contribution in [-0.4, -0.2) is 36.5 Å². The predicted molar refractivity (Wildman–Crippen MR) is 97.1 cm³/mol. The van der Waals surface area contributed by atoms with Crippen molar-refractivity contribution < 1.29 is 14.3 Å². The fourth-order valence-corrected chi connectivity index (χ4v) is 3.11. The summed E-state index contributed by atoms with van der Waals surface area (Å²) in [7, 11) is 0. The van der Waals surface area contributed by atoms with Gasteiger partial charge in [-0.3, -0.25) is 4.79 Å². The zero-order valence-electron chi connectivity index (χ0n) is 14.0. The molecule has 0 N–H and O–H groups in total. The Bertz CT molecular complexity index is 721. The quantitative estimate of drug-likeness (QED) is 0.564. The van der Waals surface area contributed by atoms with E-state index in [-0.39, 0.29) is 12.5 Å². The van der Waals surface area contributed by atoms with Gasteiger partial charge < -0.3 is 9.64 Å². The molecule has 0 spiro atoms. The van der Waals surface area contributed by atoms with Gasteiger partial charge in [-0.15, -0.1) is 11.3 Å². The highest BCUT2D eigenvalue weighted by Crippen LogP contribution is 2.28. The molecule has 0 fully saturated rings. The smallest absolute Gasteiger partial charge is 0.349 e. The van der Waals surface area contributed by atoms with Crippen LogP contribution in [0.1, 0.15) is 23.5 Å². The zero-order chi connectivity index (χ0) is 17.5. The van der Waals surface area contributed by atoms with E-state index in [4.69, 9.17) is 4.74 Å². The van der Waals surface area contributed by atoms with Crippen molar-refractivity contribution in [3.05, 3.63) is 58.8 Å². The zero-order valence-corrected chi connectivity index (χ0v) is 14.8. The lowest BCUT2D eigenvalue weighted by Gasteiger charge is -2.20. The van der Waals surface area contributed by atoms with E-state index in [0.717, 1.165) is 16.7 Å². The Labute approximate surface area is 146 Å². The lowest BCUT2D eigenvalue weighted by Crippen LogP contribution is -2.35. The van der Waals surface area contributed by atoms with Crippen LogP contribution in [0, 0.1) is 0 Å². The maximum atomic E-state index is 12.3. The van der Waals surface area contributed by atoms with Crippen LogP contribution in [0.3, 0.4) is 0 Å². The molecule has 0 saturated heterocycles. The van der Waals surface area contributed by atoms with E-state index in [2.05, 4.69) is 6.58 Å². The van der Waals surface area contributed by atoms with Crippen molar-refractivity contribution in [3.63, 3.8) is 0 Å². The molecule has 0 bridgehead atoms. The van der Waals surface area contributed by atoms with Crippen molar-refractivity contribution in [1.29, 1.82) is 0 Å². The Kier molecular flexibility index (Phi) is 6.32. The average molecular weight is 343 g/mol. The van der Waals surface area contributed by atoms with Gasteiger partial charge in [0.25, 0.3) is 5.91 Å². The number of rotatable bonds is 7. The first kappa shape index (κ1) is 17.9. The molecule has 0 atom stereocenters. The molecule has 4 nitrogen and oxygen atoms in total. The number of ether oxygens (including phenoxy) is 1. The third-order valence-electron chi connectivity index (χ3n) is 3.46. The minimum atomic E-state index is -0.469. The van der Waals surface area contributed by atoms with E-state index in [0.29, 0.717) is 18.0 Å². The number of hydrogen-bond donors (Lipinski definition) is 0. The maximum absolute atomic E-state index is 12.3. The van der Waals surface area contributed by atoms with Gasteiger partial charge in [0.2, 0.25) is 0 Å². The lowest BCUT2D eigenvalue weighted by atomic mass is 10.1. The van der Waals surface area contributed by atoms with Gasteiger partial charge in [0.1, 0.15) is 4.88 Å². The largest absolute Gasteiger partial charge is 0.451 e. The second kappa shape index (κ2) is 8.45. The minimum Gasteiger partial charge on any atom is -0.451 e. The fourth-order valence-electron chi connectivity index (χ4n) is 2.30. The van der Waals surface area contributed by atoms with E-state index in [1.807, 2.05) is 55.6 Å². The number of amides is 1. The minimum absolute atomic E-state index is 0.216. The molecule has 0 unspecified atom stereocenters. The Hall–Kier alpha value is -2.40. The molecule has 0 aliphatic rings. The Morgan fingerprint density at radius 2 is 1.92 bits per heavy atom. The van der Waals surface area contributed by atoms with Crippen LogP contribution < -0.4 is 0 Å². The Balaban J connectivity index is 2.03. The van der Waals surface area contributed by atoms with Gasteiger partial charge in [-0.2, -0.15) is 0 Å². The van der Waals surface area contributed by atoms with Crippen LogP contribution in [0.5, 0.6) is 0 Å². The van der Waals surface area contributed by atoms with Gasteiger partial charge in [-0.05, 0) is 30.9 Å². The highest BCUT2D eigenvalue weighted by molar-refractivity contribution is 7.12. The molecular formula is C19H21NO3S. The van der Waals surface area contributed by atoms with E-state index in [1.54, 1.807) is 4.90 Å². The topological polar surface area (TPSA) is 46.6 Å². The highest BCUT2D eigenvalue weighted by atomic mass is 32.1. The molecule has 126 valence electrons. The average Bonchev–Trinajstić information content (AvgIpc) is 3.07. The molecule has 1 amide bonds. The molecule has 1 aromatic heterocycles. The third kappa shape index (κ3) is 4.55. The van der Waals surface area contributed by atoms with Crippen LogP contribution in [0.15, 0.2) is 53.9 Å². The number of carbonyl (C=O) groups is 2. The van der Waals surface area contributed by atoms with Crippen molar-refractivity contribution in [1.82, 2.24) is 4.90 Å². The van der Waals surface area contributed by atoms with Gasteiger partial charge >= 0.3 is 5.97 Å².